The van der Waals surface area contributed by atoms with Gasteiger partial charge in [0.15, 0.2) is 0 Å². The summed E-state index contributed by atoms with van der Waals surface area (Å²) in [5.74, 6) is 1.53. The molecule has 0 saturated carbocycles. The van der Waals surface area contributed by atoms with E-state index in [1.54, 1.807) is 18.4 Å². The van der Waals surface area contributed by atoms with Crippen molar-refractivity contribution in [2.75, 3.05) is 46.4 Å². The molecule has 0 unspecified atom stereocenters. The number of rotatable bonds is 9. The molecule has 0 spiro atoms. The predicted molar refractivity (Wildman–Crippen MR) is 124 cm³/mol. The molecule has 164 valence electrons. The Morgan fingerprint density at radius 1 is 0.968 bits per heavy atom. The summed E-state index contributed by atoms with van der Waals surface area (Å²) in [7, 11) is 1.64. The van der Waals surface area contributed by atoms with Crippen LogP contribution in [0.5, 0.6) is 11.5 Å². The Kier molecular flexibility index (Phi) is 7.53. The molecular formula is C24H29N3O3S. The first-order chi connectivity index (χ1) is 15.2. The zero-order valence-electron chi connectivity index (χ0n) is 17.8. The molecule has 2 aromatic carbocycles. The Hall–Kier alpha value is -2.45. The van der Waals surface area contributed by atoms with E-state index >= 15 is 0 Å². The zero-order valence-corrected chi connectivity index (χ0v) is 18.6. The molecule has 0 bridgehead atoms. The Morgan fingerprint density at radius 2 is 1.65 bits per heavy atom. The molecule has 2 heterocycles. The summed E-state index contributed by atoms with van der Waals surface area (Å²) in [5, 5.41) is 13.6. The molecule has 31 heavy (non-hydrogen) atoms. The van der Waals surface area contributed by atoms with Crippen LogP contribution in [0.2, 0.25) is 0 Å². The first-order valence-corrected chi connectivity index (χ1v) is 11.5. The van der Waals surface area contributed by atoms with Crippen LogP contribution < -0.4 is 9.47 Å². The van der Waals surface area contributed by atoms with Crippen LogP contribution in [0.1, 0.15) is 5.69 Å². The van der Waals surface area contributed by atoms with Crippen LogP contribution in [-0.2, 0) is 6.54 Å². The number of piperazine rings is 1. The van der Waals surface area contributed by atoms with E-state index in [1.165, 1.54) is 5.56 Å². The Bertz CT molecular complexity index is 925. The van der Waals surface area contributed by atoms with Gasteiger partial charge in [-0.2, -0.15) is 0 Å². The van der Waals surface area contributed by atoms with Gasteiger partial charge in [-0.1, -0.05) is 30.3 Å². The van der Waals surface area contributed by atoms with Crippen LogP contribution in [0.3, 0.4) is 0 Å². The van der Waals surface area contributed by atoms with E-state index in [0.717, 1.165) is 54.9 Å². The largest absolute Gasteiger partial charge is 0.497 e. The van der Waals surface area contributed by atoms with E-state index in [0.29, 0.717) is 6.54 Å². The van der Waals surface area contributed by atoms with Gasteiger partial charge < -0.3 is 14.6 Å². The van der Waals surface area contributed by atoms with Crippen molar-refractivity contribution in [2.45, 2.75) is 12.6 Å². The number of benzene rings is 2. The Morgan fingerprint density at radius 3 is 2.35 bits per heavy atom. The highest BCUT2D eigenvalue weighted by atomic mass is 32.1. The fraction of sp³-hybridized carbons (Fsp3) is 0.375. The van der Waals surface area contributed by atoms with Crippen molar-refractivity contribution in [3.8, 4) is 22.1 Å². The average Bonchev–Trinajstić information content (AvgIpc) is 3.28. The Labute approximate surface area is 187 Å². The topological polar surface area (TPSA) is 58.1 Å². The van der Waals surface area contributed by atoms with Gasteiger partial charge in [-0.3, -0.25) is 9.80 Å². The summed E-state index contributed by atoms with van der Waals surface area (Å²) >= 11 is 1.70. The van der Waals surface area contributed by atoms with E-state index in [9.17, 15) is 5.11 Å². The number of nitrogens with zero attached hydrogens (tertiary/aromatic N) is 3. The second-order valence-electron chi connectivity index (χ2n) is 7.73. The second-order valence-corrected chi connectivity index (χ2v) is 8.59. The summed E-state index contributed by atoms with van der Waals surface area (Å²) in [5.41, 5.74) is 2.31. The highest BCUT2D eigenvalue weighted by Crippen LogP contribution is 2.24. The molecule has 1 atom stereocenters. The fourth-order valence-corrected chi connectivity index (χ4v) is 4.48. The van der Waals surface area contributed by atoms with Crippen molar-refractivity contribution in [3.05, 3.63) is 65.7 Å². The summed E-state index contributed by atoms with van der Waals surface area (Å²) in [6, 6.07) is 17.7. The molecule has 0 aliphatic carbocycles. The number of aliphatic hydroxyl groups excluding tert-OH is 1. The molecule has 1 fully saturated rings. The lowest BCUT2D eigenvalue weighted by atomic mass is 10.2. The summed E-state index contributed by atoms with van der Waals surface area (Å²) in [6.45, 7) is 5.62. The van der Waals surface area contributed by atoms with Crippen LogP contribution in [0.4, 0.5) is 0 Å². The lowest BCUT2D eigenvalue weighted by Crippen LogP contribution is -2.48. The molecule has 1 N–H and O–H groups in total. The predicted octanol–water partition coefficient (Wildman–Crippen LogP) is 3.38. The standard InChI is InChI=1S/C24H29N3O3S/c1-29-22-7-9-23(10-8-22)30-17-21(28)16-27-13-11-26(12-14-27)15-20-18-31-24(25-20)19-5-3-2-4-6-19/h2-10,18,21,28H,11-17H2,1H3/t21-/m0/s1. The third-order valence-corrected chi connectivity index (χ3v) is 6.33. The number of thiazole rings is 1. The van der Waals surface area contributed by atoms with Crippen molar-refractivity contribution in [1.29, 1.82) is 0 Å². The van der Waals surface area contributed by atoms with Crippen molar-refractivity contribution in [1.82, 2.24) is 14.8 Å². The first-order valence-electron chi connectivity index (χ1n) is 10.6. The molecule has 3 aromatic rings. The monoisotopic (exact) mass is 439 g/mol. The smallest absolute Gasteiger partial charge is 0.123 e. The van der Waals surface area contributed by atoms with Crippen molar-refractivity contribution in [2.24, 2.45) is 0 Å². The van der Waals surface area contributed by atoms with Gasteiger partial charge in [0, 0.05) is 50.2 Å². The van der Waals surface area contributed by atoms with Crippen LogP contribution in [0.25, 0.3) is 10.6 Å². The molecule has 6 nitrogen and oxygen atoms in total. The molecule has 4 rings (SSSR count). The van der Waals surface area contributed by atoms with Crippen LogP contribution in [0.15, 0.2) is 60.0 Å². The van der Waals surface area contributed by atoms with E-state index in [2.05, 4.69) is 27.3 Å². The average molecular weight is 440 g/mol. The molecule has 1 saturated heterocycles. The number of ether oxygens (including phenoxy) is 2. The van der Waals surface area contributed by atoms with Gasteiger partial charge in [0.1, 0.15) is 29.2 Å². The SMILES string of the molecule is COc1ccc(OC[C@@H](O)CN2CCN(Cc3csc(-c4ccccc4)n3)CC2)cc1. The number of β-amino-alcohol motifs (C(OH)–C–C–N with tert-alkyl or cyclic N) is 1. The third kappa shape index (κ3) is 6.27. The van der Waals surface area contributed by atoms with Gasteiger partial charge in [0.2, 0.25) is 0 Å². The summed E-state index contributed by atoms with van der Waals surface area (Å²) in [4.78, 5) is 9.54. The zero-order chi connectivity index (χ0) is 21.5. The maximum absolute atomic E-state index is 10.4. The number of hydrogen-bond donors (Lipinski definition) is 1. The molecule has 7 heteroatoms. The van der Waals surface area contributed by atoms with E-state index in [-0.39, 0.29) is 6.61 Å². The second kappa shape index (κ2) is 10.7. The first kappa shape index (κ1) is 21.8. The van der Waals surface area contributed by atoms with E-state index in [4.69, 9.17) is 14.5 Å². The molecule has 1 aliphatic rings. The van der Waals surface area contributed by atoms with Crippen LogP contribution in [0, 0.1) is 0 Å². The molecule has 0 amide bonds. The highest BCUT2D eigenvalue weighted by Gasteiger charge is 2.20. The van der Waals surface area contributed by atoms with Gasteiger partial charge in [-0.05, 0) is 24.3 Å². The fourth-order valence-electron chi connectivity index (χ4n) is 3.67. The highest BCUT2D eigenvalue weighted by molar-refractivity contribution is 7.13. The minimum atomic E-state index is -0.513. The van der Waals surface area contributed by atoms with Crippen LogP contribution in [-0.4, -0.2) is 72.4 Å². The van der Waals surface area contributed by atoms with Gasteiger partial charge in [-0.25, -0.2) is 4.98 Å². The van der Waals surface area contributed by atoms with Crippen molar-refractivity contribution in [3.63, 3.8) is 0 Å². The number of hydrogen-bond acceptors (Lipinski definition) is 7. The Balaban J connectivity index is 1.18. The minimum Gasteiger partial charge on any atom is -0.497 e. The van der Waals surface area contributed by atoms with Crippen molar-refractivity contribution < 1.29 is 14.6 Å². The minimum absolute atomic E-state index is 0.285. The molecular weight excluding hydrogens is 410 g/mol. The van der Waals surface area contributed by atoms with Gasteiger partial charge in [-0.15, -0.1) is 11.3 Å². The molecule has 0 radical (unpaired) electrons. The number of aliphatic hydroxyl groups is 1. The summed E-state index contributed by atoms with van der Waals surface area (Å²) in [6.07, 6.45) is -0.513. The van der Waals surface area contributed by atoms with Crippen LogP contribution >= 0.6 is 11.3 Å². The number of methoxy groups -OCH3 is 1. The quantitative estimate of drug-likeness (QED) is 0.552. The van der Waals surface area contributed by atoms with Gasteiger partial charge in [0.25, 0.3) is 0 Å². The maximum atomic E-state index is 10.4. The van der Waals surface area contributed by atoms with Crippen molar-refractivity contribution >= 4 is 11.3 Å². The normalized spacial score (nSPS) is 16.2. The molecule has 1 aromatic heterocycles. The molecule has 1 aliphatic heterocycles. The maximum Gasteiger partial charge on any atom is 0.123 e. The van der Waals surface area contributed by atoms with Gasteiger partial charge >= 0.3 is 0 Å². The van der Waals surface area contributed by atoms with E-state index in [1.807, 2.05) is 42.5 Å². The lowest BCUT2D eigenvalue weighted by Gasteiger charge is -2.35. The third-order valence-electron chi connectivity index (χ3n) is 5.39. The summed E-state index contributed by atoms with van der Waals surface area (Å²) < 4.78 is 10.8. The van der Waals surface area contributed by atoms with Gasteiger partial charge in [0.05, 0.1) is 12.8 Å². The lowest BCUT2D eigenvalue weighted by molar-refractivity contribution is 0.0444. The van der Waals surface area contributed by atoms with E-state index < -0.39 is 6.10 Å². The number of aromatic nitrogens is 1.